The molecule has 196 valence electrons. The monoisotopic (exact) mass is 540 g/mol. The van der Waals surface area contributed by atoms with Crippen LogP contribution >= 0.6 is 0 Å². The maximum absolute atomic E-state index is 14.2. The number of fused-ring (bicyclic) bond motifs is 10. The fourth-order valence-corrected chi connectivity index (χ4v) is 6.06. The number of rotatable bonds is 2. The van der Waals surface area contributed by atoms with Crippen LogP contribution < -0.4 is 5.56 Å². The second-order valence-electron chi connectivity index (χ2n) is 10.4. The molecule has 0 aliphatic rings. The van der Waals surface area contributed by atoms with Crippen LogP contribution in [0.15, 0.2) is 131 Å². The molecule has 0 bridgehead atoms. The molecule has 0 saturated heterocycles. The molecule has 4 aromatic heterocycles. The lowest BCUT2D eigenvalue weighted by Crippen LogP contribution is -2.18. The number of benzene rings is 5. The van der Waals surface area contributed by atoms with Crippen molar-refractivity contribution in [2.45, 2.75) is 0 Å². The van der Waals surface area contributed by atoms with E-state index in [4.69, 9.17) is 19.4 Å². The third kappa shape index (κ3) is 3.20. The van der Waals surface area contributed by atoms with E-state index in [0.29, 0.717) is 28.0 Å². The predicted octanol–water partition coefficient (Wildman–Crippen LogP) is 8.18. The maximum atomic E-state index is 14.2. The van der Waals surface area contributed by atoms with Gasteiger partial charge in [0.25, 0.3) is 5.56 Å². The molecule has 0 saturated carbocycles. The summed E-state index contributed by atoms with van der Waals surface area (Å²) >= 11 is 0. The minimum atomic E-state index is -0.164. The van der Waals surface area contributed by atoms with Crippen LogP contribution in [0.4, 0.5) is 0 Å². The van der Waals surface area contributed by atoms with E-state index < -0.39 is 0 Å². The number of hydrogen-bond donors (Lipinski definition) is 0. The molecule has 0 aliphatic heterocycles. The van der Waals surface area contributed by atoms with Crippen molar-refractivity contribution in [3.63, 3.8) is 0 Å². The van der Waals surface area contributed by atoms with E-state index in [9.17, 15) is 4.79 Å². The standard InChI is InChI=1S/C36H20N4O2/c41-36-27-15-6-8-16-28(27)37-34-26-14-5-4-13-25(26)31-32(38-33(39-35(31)40(34)36)21-10-2-1-3-11-21)22-18-19-24-23-12-7-9-17-29(23)42-30(24)20-22/h1-20H. The Morgan fingerprint density at radius 2 is 1.21 bits per heavy atom. The topological polar surface area (TPSA) is 73.3 Å². The fourth-order valence-electron chi connectivity index (χ4n) is 6.06. The summed E-state index contributed by atoms with van der Waals surface area (Å²) < 4.78 is 7.91. The van der Waals surface area contributed by atoms with Gasteiger partial charge >= 0.3 is 0 Å². The van der Waals surface area contributed by atoms with Gasteiger partial charge in [-0.25, -0.2) is 19.4 Å². The van der Waals surface area contributed by atoms with Crippen LogP contribution in [0.25, 0.3) is 82.9 Å². The van der Waals surface area contributed by atoms with Crippen LogP contribution in [0.1, 0.15) is 0 Å². The van der Waals surface area contributed by atoms with E-state index in [-0.39, 0.29) is 5.56 Å². The van der Waals surface area contributed by atoms with E-state index in [2.05, 4.69) is 18.2 Å². The van der Waals surface area contributed by atoms with E-state index >= 15 is 0 Å². The fraction of sp³-hybridized carbons (Fsp3) is 0. The highest BCUT2D eigenvalue weighted by Gasteiger charge is 2.21. The summed E-state index contributed by atoms with van der Waals surface area (Å²) in [6.07, 6.45) is 0. The summed E-state index contributed by atoms with van der Waals surface area (Å²) in [6, 6.07) is 39.5. The quantitative estimate of drug-likeness (QED) is 0.163. The second kappa shape index (κ2) is 8.56. The molecule has 0 amide bonds. The molecule has 9 rings (SSSR count). The Hall–Kier alpha value is -5.88. The molecule has 0 atom stereocenters. The minimum Gasteiger partial charge on any atom is -0.456 e. The molecule has 6 nitrogen and oxygen atoms in total. The first kappa shape index (κ1) is 22.9. The molecule has 42 heavy (non-hydrogen) atoms. The van der Waals surface area contributed by atoms with Gasteiger partial charge in [0.05, 0.1) is 22.0 Å². The largest absolute Gasteiger partial charge is 0.456 e. The van der Waals surface area contributed by atoms with E-state index in [1.807, 2.05) is 103 Å². The van der Waals surface area contributed by atoms with Gasteiger partial charge in [-0.05, 0) is 35.7 Å². The first-order valence-corrected chi connectivity index (χ1v) is 13.8. The van der Waals surface area contributed by atoms with Crippen molar-refractivity contribution in [2.75, 3.05) is 0 Å². The lowest BCUT2D eigenvalue weighted by atomic mass is 10.0. The molecule has 0 fully saturated rings. The first-order valence-electron chi connectivity index (χ1n) is 13.8. The van der Waals surface area contributed by atoms with Gasteiger partial charge < -0.3 is 4.42 Å². The molecular formula is C36H20N4O2. The van der Waals surface area contributed by atoms with Crippen LogP contribution in [0.5, 0.6) is 0 Å². The Morgan fingerprint density at radius 3 is 2.07 bits per heavy atom. The molecule has 0 N–H and O–H groups in total. The molecular weight excluding hydrogens is 520 g/mol. The van der Waals surface area contributed by atoms with Crippen molar-refractivity contribution in [1.29, 1.82) is 0 Å². The molecule has 0 radical (unpaired) electrons. The lowest BCUT2D eigenvalue weighted by molar-refractivity contribution is 0.669. The van der Waals surface area contributed by atoms with Crippen molar-refractivity contribution in [2.24, 2.45) is 0 Å². The average Bonchev–Trinajstić information content (AvgIpc) is 3.42. The van der Waals surface area contributed by atoms with E-state index in [1.165, 1.54) is 0 Å². The number of hydrogen-bond acceptors (Lipinski definition) is 5. The smallest absolute Gasteiger partial charge is 0.267 e. The third-order valence-electron chi connectivity index (χ3n) is 8.00. The Balaban J connectivity index is 1.50. The van der Waals surface area contributed by atoms with Crippen molar-refractivity contribution in [3.05, 3.63) is 132 Å². The van der Waals surface area contributed by atoms with Gasteiger partial charge in [0.1, 0.15) is 16.8 Å². The zero-order chi connectivity index (χ0) is 27.8. The summed E-state index contributed by atoms with van der Waals surface area (Å²) in [6.45, 7) is 0. The highest BCUT2D eigenvalue weighted by molar-refractivity contribution is 6.16. The summed E-state index contributed by atoms with van der Waals surface area (Å²) in [5.41, 5.74) is 5.63. The van der Waals surface area contributed by atoms with Crippen LogP contribution in [-0.2, 0) is 0 Å². The average molecular weight is 541 g/mol. The minimum absolute atomic E-state index is 0.164. The normalized spacial score (nSPS) is 11.9. The Kier molecular flexibility index (Phi) is 4.66. The molecule has 9 aromatic rings. The predicted molar refractivity (Wildman–Crippen MR) is 168 cm³/mol. The highest BCUT2D eigenvalue weighted by Crippen LogP contribution is 2.38. The summed E-state index contributed by atoms with van der Waals surface area (Å²) in [5.74, 6) is 0.527. The van der Waals surface area contributed by atoms with Crippen LogP contribution in [0.3, 0.4) is 0 Å². The molecule has 0 unspecified atom stereocenters. The van der Waals surface area contributed by atoms with Crippen LogP contribution in [-0.4, -0.2) is 19.4 Å². The van der Waals surface area contributed by atoms with Crippen LogP contribution in [0, 0.1) is 0 Å². The van der Waals surface area contributed by atoms with Gasteiger partial charge in [-0.15, -0.1) is 0 Å². The van der Waals surface area contributed by atoms with Gasteiger partial charge in [0.2, 0.25) is 0 Å². The zero-order valence-corrected chi connectivity index (χ0v) is 22.2. The number of pyridine rings is 1. The lowest BCUT2D eigenvalue weighted by Gasteiger charge is -2.15. The van der Waals surface area contributed by atoms with Gasteiger partial charge in [-0.2, -0.15) is 0 Å². The Labute approximate surface area is 238 Å². The van der Waals surface area contributed by atoms with Crippen molar-refractivity contribution in [1.82, 2.24) is 19.4 Å². The molecule has 0 spiro atoms. The third-order valence-corrected chi connectivity index (χ3v) is 8.00. The SMILES string of the molecule is O=c1c2ccccc2nc2c3ccccc3c3c(-c4ccc5c(c4)oc4ccccc45)nc(-c4ccccc4)nc3n12. The number of aromatic nitrogens is 4. The van der Waals surface area contributed by atoms with Crippen molar-refractivity contribution < 1.29 is 4.42 Å². The first-order chi connectivity index (χ1) is 20.7. The van der Waals surface area contributed by atoms with Gasteiger partial charge in [-0.3, -0.25) is 4.79 Å². The van der Waals surface area contributed by atoms with E-state index in [1.54, 1.807) is 4.40 Å². The van der Waals surface area contributed by atoms with Crippen molar-refractivity contribution >= 4 is 60.3 Å². The number of para-hydroxylation sites is 2. The van der Waals surface area contributed by atoms with Gasteiger partial charge in [0.15, 0.2) is 11.5 Å². The molecule has 5 aromatic carbocycles. The second-order valence-corrected chi connectivity index (χ2v) is 10.4. The summed E-state index contributed by atoms with van der Waals surface area (Å²) in [7, 11) is 0. The summed E-state index contributed by atoms with van der Waals surface area (Å²) in [5, 5.41) is 5.21. The van der Waals surface area contributed by atoms with Crippen LogP contribution in [0.2, 0.25) is 0 Å². The Morgan fingerprint density at radius 1 is 0.524 bits per heavy atom. The Bertz CT molecular complexity index is 2600. The molecule has 0 aliphatic carbocycles. The molecule has 4 heterocycles. The van der Waals surface area contributed by atoms with Crippen molar-refractivity contribution in [3.8, 4) is 22.6 Å². The number of furan rings is 1. The van der Waals surface area contributed by atoms with Gasteiger partial charge in [0, 0.05) is 27.3 Å². The van der Waals surface area contributed by atoms with Gasteiger partial charge in [-0.1, -0.05) is 91.0 Å². The number of nitrogens with zero attached hydrogens (tertiary/aromatic N) is 4. The highest BCUT2D eigenvalue weighted by atomic mass is 16.3. The summed E-state index contributed by atoms with van der Waals surface area (Å²) in [4.78, 5) is 29.4. The maximum Gasteiger partial charge on any atom is 0.267 e. The molecule has 6 heteroatoms. The van der Waals surface area contributed by atoms with E-state index in [0.717, 1.165) is 54.9 Å². The zero-order valence-electron chi connectivity index (χ0n) is 22.2.